The van der Waals surface area contributed by atoms with Gasteiger partial charge in [0.1, 0.15) is 5.82 Å². The van der Waals surface area contributed by atoms with E-state index in [1.165, 1.54) is 12.5 Å². The molecule has 1 fully saturated rings. The molecule has 1 saturated carbocycles. The van der Waals surface area contributed by atoms with Crippen molar-refractivity contribution in [3.8, 4) is 11.4 Å². The molecule has 0 spiro atoms. The Morgan fingerprint density at radius 2 is 1.70 bits per heavy atom. The lowest BCUT2D eigenvalue weighted by molar-refractivity contribution is -0.137. The van der Waals surface area contributed by atoms with Crippen LogP contribution in [0.25, 0.3) is 11.4 Å². The topological polar surface area (TPSA) is 62.7 Å². The first-order valence-corrected chi connectivity index (χ1v) is 9.99. The van der Waals surface area contributed by atoms with Crippen molar-refractivity contribution in [3.63, 3.8) is 0 Å². The smallest absolute Gasteiger partial charge is 0.351 e. The van der Waals surface area contributed by atoms with Crippen LogP contribution >= 0.6 is 0 Å². The Morgan fingerprint density at radius 3 is 2.43 bits per heavy atom. The van der Waals surface area contributed by atoms with E-state index < -0.39 is 11.7 Å². The van der Waals surface area contributed by atoms with Gasteiger partial charge in [-0.15, -0.1) is 0 Å². The van der Waals surface area contributed by atoms with E-state index in [9.17, 15) is 13.2 Å². The maximum Gasteiger partial charge on any atom is 0.416 e. The van der Waals surface area contributed by atoms with E-state index in [2.05, 4.69) is 25.6 Å². The van der Waals surface area contributed by atoms with Crippen molar-refractivity contribution in [1.82, 2.24) is 15.0 Å². The van der Waals surface area contributed by atoms with Crippen molar-refractivity contribution >= 4 is 17.5 Å². The Hall–Kier alpha value is -3.16. The number of hydrogen-bond acceptors (Lipinski definition) is 5. The number of rotatable bonds is 5. The molecule has 0 saturated heterocycles. The minimum Gasteiger partial charge on any atom is -0.351 e. The first kappa shape index (κ1) is 20.1. The molecule has 4 rings (SSSR count). The fraction of sp³-hybridized carbons (Fsp3) is 0.318. The fourth-order valence-electron chi connectivity index (χ4n) is 3.57. The van der Waals surface area contributed by atoms with Gasteiger partial charge < -0.3 is 10.6 Å². The molecule has 156 valence electrons. The summed E-state index contributed by atoms with van der Waals surface area (Å²) in [4.78, 5) is 13.4. The van der Waals surface area contributed by atoms with Gasteiger partial charge in [0.25, 0.3) is 0 Å². The van der Waals surface area contributed by atoms with Gasteiger partial charge in [0.05, 0.1) is 17.0 Å². The van der Waals surface area contributed by atoms with Crippen molar-refractivity contribution in [3.05, 3.63) is 60.3 Å². The highest BCUT2D eigenvalue weighted by atomic mass is 19.4. The Kier molecular flexibility index (Phi) is 5.83. The summed E-state index contributed by atoms with van der Waals surface area (Å²) >= 11 is 0. The van der Waals surface area contributed by atoms with E-state index in [-0.39, 0.29) is 0 Å². The predicted molar refractivity (Wildman–Crippen MR) is 110 cm³/mol. The number of anilines is 3. The van der Waals surface area contributed by atoms with E-state index in [0.29, 0.717) is 34.9 Å². The number of nitrogens with zero attached hydrogens (tertiary/aromatic N) is 3. The summed E-state index contributed by atoms with van der Waals surface area (Å²) in [7, 11) is 0. The normalized spacial score (nSPS) is 15.0. The summed E-state index contributed by atoms with van der Waals surface area (Å²) in [5.41, 5.74) is 0.850. The molecule has 0 radical (unpaired) electrons. The number of pyridine rings is 1. The Morgan fingerprint density at radius 1 is 0.867 bits per heavy atom. The van der Waals surface area contributed by atoms with Crippen molar-refractivity contribution in [2.24, 2.45) is 0 Å². The van der Waals surface area contributed by atoms with Crippen LogP contribution in [0, 0.1) is 0 Å². The standard InChI is InChI=1S/C22H22F3N5/c23-22(24,25)15-7-6-10-17(13-15)27-20-14-19(18-11-4-5-12-26-18)29-21(30-20)28-16-8-2-1-3-9-16/h4-7,10-14,16H,1-3,8-9H2,(H2,27,28,29,30). The van der Waals surface area contributed by atoms with Crippen LogP contribution in [0.2, 0.25) is 0 Å². The van der Waals surface area contributed by atoms with Gasteiger partial charge in [-0.3, -0.25) is 4.98 Å². The second kappa shape index (κ2) is 8.69. The zero-order chi connectivity index (χ0) is 21.0. The third-order valence-electron chi connectivity index (χ3n) is 5.05. The molecule has 8 heteroatoms. The summed E-state index contributed by atoms with van der Waals surface area (Å²) in [6.45, 7) is 0. The first-order chi connectivity index (χ1) is 14.5. The SMILES string of the molecule is FC(F)(F)c1cccc(Nc2cc(-c3ccccn3)nc(NC3CCCCC3)n2)c1. The number of alkyl halides is 3. The number of nitrogens with one attached hydrogen (secondary N) is 2. The van der Waals surface area contributed by atoms with Crippen LogP contribution < -0.4 is 10.6 Å². The predicted octanol–water partition coefficient (Wildman–Crippen LogP) is 6.05. The van der Waals surface area contributed by atoms with E-state index >= 15 is 0 Å². The maximum atomic E-state index is 13.0. The lowest BCUT2D eigenvalue weighted by atomic mass is 9.96. The van der Waals surface area contributed by atoms with Gasteiger partial charge in [-0.1, -0.05) is 31.4 Å². The van der Waals surface area contributed by atoms with Crippen LogP contribution in [0.5, 0.6) is 0 Å². The largest absolute Gasteiger partial charge is 0.416 e. The minimum absolute atomic E-state index is 0.291. The van der Waals surface area contributed by atoms with E-state index in [0.717, 1.165) is 37.8 Å². The van der Waals surface area contributed by atoms with E-state index in [4.69, 9.17) is 0 Å². The second-order valence-corrected chi connectivity index (χ2v) is 7.36. The number of halogens is 3. The average Bonchev–Trinajstić information content (AvgIpc) is 2.74. The molecular weight excluding hydrogens is 391 g/mol. The van der Waals surface area contributed by atoms with Crippen LogP contribution in [0.3, 0.4) is 0 Å². The van der Waals surface area contributed by atoms with Gasteiger partial charge in [-0.25, -0.2) is 4.98 Å². The summed E-state index contributed by atoms with van der Waals surface area (Å²) in [6, 6.07) is 12.5. The first-order valence-electron chi connectivity index (χ1n) is 9.99. The Bertz CT molecular complexity index is 986. The highest BCUT2D eigenvalue weighted by molar-refractivity contribution is 5.65. The molecule has 2 heterocycles. The van der Waals surface area contributed by atoms with Crippen molar-refractivity contribution in [1.29, 1.82) is 0 Å². The van der Waals surface area contributed by atoms with Crippen LogP contribution in [0.15, 0.2) is 54.7 Å². The number of hydrogen-bond donors (Lipinski definition) is 2. The Balaban J connectivity index is 1.65. The third kappa shape index (κ3) is 5.06. The third-order valence-corrected chi connectivity index (χ3v) is 5.05. The molecule has 1 aromatic carbocycles. The van der Waals surface area contributed by atoms with Crippen LogP contribution in [0.4, 0.5) is 30.6 Å². The quantitative estimate of drug-likeness (QED) is 0.533. The highest BCUT2D eigenvalue weighted by Gasteiger charge is 2.30. The Labute approximate surface area is 172 Å². The van der Waals surface area contributed by atoms with Crippen LogP contribution in [-0.2, 0) is 6.18 Å². The molecule has 3 aromatic rings. The van der Waals surface area contributed by atoms with Crippen LogP contribution in [-0.4, -0.2) is 21.0 Å². The molecule has 0 amide bonds. The van der Waals surface area contributed by atoms with Gasteiger partial charge in [0.15, 0.2) is 0 Å². The maximum absolute atomic E-state index is 13.0. The molecule has 2 N–H and O–H groups in total. The summed E-state index contributed by atoms with van der Waals surface area (Å²) < 4.78 is 39.1. The highest BCUT2D eigenvalue weighted by Crippen LogP contribution is 2.32. The summed E-state index contributed by atoms with van der Waals surface area (Å²) in [5.74, 6) is 0.850. The monoisotopic (exact) mass is 413 g/mol. The lowest BCUT2D eigenvalue weighted by Crippen LogP contribution is -2.23. The van der Waals surface area contributed by atoms with E-state index in [1.54, 1.807) is 18.3 Å². The molecule has 5 nitrogen and oxygen atoms in total. The summed E-state index contributed by atoms with van der Waals surface area (Å²) in [5, 5.41) is 6.37. The van der Waals surface area contributed by atoms with Gasteiger partial charge in [-0.2, -0.15) is 18.2 Å². The molecule has 1 aliphatic rings. The summed E-state index contributed by atoms with van der Waals surface area (Å²) in [6.07, 6.45) is 2.91. The molecule has 0 bridgehead atoms. The zero-order valence-corrected chi connectivity index (χ0v) is 16.3. The molecule has 0 aliphatic heterocycles. The molecule has 0 unspecified atom stereocenters. The van der Waals surface area contributed by atoms with Crippen molar-refractivity contribution < 1.29 is 13.2 Å². The fourth-order valence-corrected chi connectivity index (χ4v) is 3.57. The molecule has 2 aromatic heterocycles. The van der Waals surface area contributed by atoms with Gasteiger partial charge in [-0.05, 0) is 43.2 Å². The molecule has 1 aliphatic carbocycles. The minimum atomic E-state index is -4.41. The molecular formula is C22H22F3N5. The average molecular weight is 413 g/mol. The van der Waals surface area contributed by atoms with Gasteiger partial charge in [0, 0.05) is 24.0 Å². The van der Waals surface area contributed by atoms with Crippen molar-refractivity contribution in [2.75, 3.05) is 10.6 Å². The molecule has 30 heavy (non-hydrogen) atoms. The second-order valence-electron chi connectivity index (χ2n) is 7.36. The molecule has 0 atom stereocenters. The van der Waals surface area contributed by atoms with Crippen LogP contribution in [0.1, 0.15) is 37.7 Å². The lowest BCUT2D eigenvalue weighted by Gasteiger charge is -2.23. The van der Waals surface area contributed by atoms with Crippen molar-refractivity contribution in [2.45, 2.75) is 44.3 Å². The zero-order valence-electron chi connectivity index (χ0n) is 16.3. The van der Waals surface area contributed by atoms with E-state index in [1.807, 2.05) is 18.2 Å². The number of benzene rings is 1. The van der Waals surface area contributed by atoms with Gasteiger partial charge >= 0.3 is 6.18 Å². The van der Waals surface area contributed by atoms with Gasteiger partial charge in [0.2, 0.25) is 5.95 Å². The number of aromatic nitrogens is 3.